The van der Waals surface area contributed by atoms with E-state index in [4.69, 9.17) is 4.74 Å². The number of carbonyl (C=O) groups is 1. The molecule has 0 saturated heterocycles. The number of pyridine rings is 1. The quantitative estimate of drug-likeness (QED) is 0.506. The number of rotatable bonds is 10. The second kappa shape index (κ2) is 10.7. The van der Waals surface area contributed by atoms with Crippen molar-refractivity contribution in [1.29, 1.82) is 0 Å². The molecule has 31 heavy (non-hydrogen) atoms. The van der Waals surface area contributed by atoms with E-state index in [1.165, 1.54) is 12.1 Å². The molecule has 2 aromatic carbocycles. The smallest absolute Gasteiger partial charge is 0.241 e. The summed E-state index contributed by atoms with van der Waals surface area (Å²) in [4.78, 5) is 17.1. The summed E-state index contributed by atoms with van der Waals surface area (Å²) in [5.41, 5.74) is 1.53. The zero-order valence-electron chi connectivity index (χ0n) is 17.2. The van der Waals surface area contributed by atoms with E-state index in [1.54, 1.807) is 30.5 Å². The van der Waals surface area contributed by atoms with E-state index < -0.39 is 22.0 Å². The van der Waals surface area contributed by atoms with Gasteiger partial charge in [-0.1, -0.05) is 36.4 Å². The molecule has 0 radical (unpaired) electrons. The van der Waals surface area contributed by atoms with E-state index in [0.29, 0.717) is 18.1 Å². The van der Waals surface area contributed by atoms with Gasteiger partial charge >= 0.3 is 0 Å². The zero-order valence-corrected chi connectivity index (χ0v) is 18.0. The number of hydrogen-bond acceptors (Lipinski definition) is 5. The van der Waals surface area contributed by atoms with E-state index in [2.05, 4.69) is 15.0 Å². The highest BCUT2D eigenvalue weighted by atomic mass is 32.2. The fourth-order valence-corrected chi connectivity index (χ4v) is 4.17. The molecule has 0 aliphatic rings. The molecule has 162 valence electrons. The molecule has 8 heteroatoms. The molecule has 7 nitrogen and oxygen atoms in total. The van der Waals surface area contributed by atoms with E-state index in [0.717, 1.165) is 5.56 Å². The normalized spacial score (nSPS) is 12.2. The maximum atomic E-state index is 12.9. The average Bonchev–Trinajstić information content (AvgIpc) is 2.79. The minimum atomic E-state index is -3.92. The van der Waals surface area contributed by atoms with Gasteiger partial charge in [0.1, 0.15) is 11.8 Å². The maximum Gasteiger partial charge on any atom is 0.241 e. The number of sulfonamides is 1. The zero-order chi connectivity index (χ0) is 22.1. The van der Waals surface area contributed by atoms with Crippen LogP contribution in [0.4, 0.5) is 0 Å². The van der Waals surface area contributed by atoms with E-state index in [1.807, 2.05) is 43.3 Å². The first-order valence-electron chi connectivity index (χ1n) is 9.94. The van der Waals surface area contributed by atoms with Gasteiger partial charge in [0, 0.05) is 6.20 Å². The van der Waals surface area contributed by atoms with Gasteiger partial charge in [-0.15, -0.1) is 0 Å². The van der Waals surface area contributed by atoms with Gasteiger partial charge in [0.2, 0.25) is 15.9 Å². The predicted molar refractivity (Wildman–Crippen MR) is 118 cm³/mol. The van der Waals surface area contributed by atoms with Crippen LogP contribution in [0.2, 0.25) is 0 Å². The van der Waals surface area contributed by atoms with Crippen molar-refractivity contribution in [2.24, 2.45) is 0 Å². The largest absolute Gasteiger partial charge is 0.494 e. The molecule has 0 unspecified atom stereocenters. The number of aromatic nitrogens is 1. The monoisotopic (exact) mass is 439 g/mol. The van der Waals surface area contributed by atoms with Crippen LogP contribution in [0.3, 0.4) is 0 Å². The minimum absolute atomic E-state index is 0.0616. The molecule has 0 spiro atoms. The lowest BCUT2D eigenvalue weighted by molar-refractivity contribution is -0.122. The van der Waals surface area contributed by atoms with Crippen LogP contribution in [-0.2, 0) is 27.8 Å². The standard InChI is InChI=1S/C23H25N3O4S/c1-2-30-20-11-13-21(14-12-20)31(28,29)26-22(16-18-8-4-3-5-9-18)23(27)25-17-19-10-6-7-15-24-19/h3-15,22,26H,2,16-17H2,1H3,(H,25,27)/t22-/m1/s1. The second-order valence-electron chi connectivity index (χ2n) is 6.81. The summed E-state index contributed by atoms with van der Waals surface area (Å²) in [6.45, 7) is 2.54. The molecule has 1 heterocycles. The number of nitrogens with zero attached hydrogens (tertiary/aromatic N) is 1. The van der Waals surface area contributed by atoms with Crippen molar-refractivity contribution >= 4 is 15.9 Å². The second-order valence-corrected chi connectivity index (χ2v) is 8.52. The molecular weight excluding hydrogens is 414 g/mol. The fourth-order valence-electron chi connectivity index (χ4n) is 2.98. The Kier molecular flexibility index (Phi) is 7.75. The third kappa shape index (κ3) is 6.63. The van der Waals surface area contributed by atoms with Gasteiger partial charge in [-0.3, -0.25) is 9.78 Å². The average molecular weight is 440 g/mol. The lowest BCUT2D eigenvalue weighted by atomic mass is 10.1. The lowest BCUT2D eigenvalue weighted by Gasteiger charge is -2.19. The van der Waals surface area contributed by atoms with Crippen molar-refractivity contribution in [1.82, 2.24) is 15.0 Å². The van der Waals surface area contributed by atoms with Crippen LogP contribution in [0.5, 0.6) is 5.75 Å². The first-order chi connectivity index (χ1) is 15.0. The lowest BCUT2D eigenvalue weighted by Crippen LogP contribution is -2.47. The van der Waals surface area contributed by atoms with Crippen LogP contribution >= 0.6 is 0 Å². The SMILES string of the molecule is CCOc1ccc(S(=O)(=O)N[C@H](Cc2ccccc2)C(=O)NCc2ccccn2)cc1. The van der Waals surface area contributed by atoms with Gasteiger partial charge < -0.3 is 10.1 Å². The molecule has 3 aromatic rings. The van der Waals surface area contributed by atoms with E-state index >= 15 is 0 Å². The van der Waals surface area contributed by atoms with Gasteiger partial charge in [-0.2, -0.15) is 4.72 Å². The minimum Gasteiger partial charge on any atom is -0.494 e. The molecule has 0 saturated carbocycles. The summed E-state index contributed by atoms with van der Waals surface area (Å²) in [7, 11) is -3.92. The van der Waals surface area contributed by atoms with E-state index in [9.17, 15) is 13.2 Å². The Balaban J connectivity index is 1.77. The van der Waals surface area contributed by atoms with Crippen LogP contribution in [0, 0.1) is 0 Å². The van der Waals surface area contributed by atoms with Crippen molar-refractivity contribution in [2.45, 2.75) is 30.8 Å². The van der Waals surface area contributed by atoms with Crippen molar-refractivity contribution in [3.63, 3.8) is 0 Å². The molecule has 1 atom stereocenters. The molecule has 3 rings (SSSR count). The summed E-state index contributed by atoms with van der Waals surface area (Å²) in [5.74, 6) is 0.152. The Hall–Kier alpha value is -3.23. The topological polar surface area (TPSA) is 97.4 Å². The Bertz CT molecular complexity index is 1070. The first-order valence-corrected chi connectivity index (χ1v) is 11.4. The van der Waals surface area contributed by atoms with Crippen LogP contribution in [0.25, 0.3) is 0 Å². The van der Waals surface area contributed by atoms with Crippen LogP contribution in [0.1, 0.15) is 18.2 Å². The summed E-state index contributed by atoms with van der Waals surface area (Å²) in [6.07, 6.45) is 1.85. The third-order valence-electron chi connectivity index (χ3n) is 4.51. The Labute approximate surface area is 182 Å². The maximum absolute atomic E-state index is 12.9. The molecule has 2 N–H and O–H groups in total. The van der Waals surface area contributed by atoms with Crippen molar-refractivity contribution in [2.75, 3.05) is 6.61 Å². The Morgan fingerprint density at radius 2 is 1.71 bits per heavy atom. The summed E-state index contributed by atoms with van der Waals surface area (Å²) >= 11 is 0. The summed E-state index contributed by atoms with van der Waals surface area (Å²) in [5, 5.41) is 2.77. The molecule has 0 aliphatic heterocycles. The van der Waals surface area contributed by atoms with Crippen LogP contribution < -0.4 is 14.8 Å². The summed E-state index contributed by atoms with van der Waals surface area (Å²) in [6, 6.07) is 19.8. The summed E-state index contributed by atoms with van der Waals surface area (Å²) < 4.78 is 33.8. The molecule has 0 fully saturated rings. The molecule has 0 bridgehead atoms. The molecule has 1 aromatic heterocycles. The van der Waals surface area contributed by atoms with Crippen LogP contribution in [0.15, 0.2) is 83.9 Å². The van der Waals surface area contributed by atoms with Gasteiger partial charge in [0.25, 0.3) is 0 Å². The number of nitrogens with one attached hydrogen (secondary N) is 2. The van der Waals surface area contributed by atoms with Gasteiger partial charge in [0.05, 0.1) is 23.7 Å². The van der Waals surface area contributed by atoms with Gasteiger partial charge in [-0.05, 0) is 55.3 Å². The number of amides is 1. The van der Waals surface area contributed by atoms with Crippen molar-refractivity contribution in [3.8, 4) is 5.75 Å². The Morgan fingerprint density at radius 1 is 1.00 bits per heavy atom. The predicted octanol–water partition coefficient (Wildman–Crippen LogP) is 2.69. The van der Waals surface area contributed by atoms with E-state index in [-0.39, 0.29) is 17.9 Å². The van der Waals surface area contributed by atoms with Crippen molar-refractivity contribution < 1.29 is 17.9 Å². The highest BCUT2D eigenvalue weighted by Crippen LogP contribution is 2.17. The highest BCUT2D eigenvalue weighted by molar-refractivity contribution is 7.89. The molecule has 0 aliphatic carbocycles. The first kappa shape index (κ1) is 22.5. The molecular formula is C23H25N3O4S. The highest BCUT2D eigenvalue weighted by Gasteiger charge is 2.26. The van der Waals surface area contributed by atoms with Crippen molar-refractivity contribution in [3.05, 3.63) is 90.3 Å². The Morgan fingerprint density at radius 3 is 2.35 bits per heavy atom. The fraction of sp³-hybridized carbons (Fsp3) is 0.217. The third-order valence-corrected chi connectivity index (χ3v) is 6.00. The number of carbonyl (C=O) groups excluding carboxylic acids is 1. The van der Waals surface area contributed by atoms with Gasteiger partial charge in [-0.25, -0.2) is 8.42 Å². The number of hydrogen-bond donors (Lipinski definition) is 2. The number of ether oxygens (including phenoxy) is 1. The molecule has 1 amide bonds. The van der Waals surface area contributed by atoms with Crippen LogP contribution in [-0.4, -0.2) is 32.0 Å². The number of benzene rings is 2. The van der Waals surface area contributed by atoms with Gasteiger partial charge in [0.15, 0.2) is 0 Å².